The molecule has 2 atom stereocenters. The number of fused-ring (bicyclic) bond motifs is 3. The lowest BCUT2D eigenvalue weighted by molar-refractivity contribution is -0.140. The Balaban J connectivity index is 1.63. The second-order valence-electron chi connectivity index (χ2n) is 7.90. The molecule has 8 heteroatoms. The minimum atomic E-state index is -1.26. The summed E-state index contributed by atoms with van der Waals surface area (Å²) in [6.45, 7) is 1.81. The molecule has 1 aliphatic carbocycles. The number of hydrogen-bond donors (Lipinski definition) is 4. The molecule has 2 amide bonds. The molecule has 0 spiro atoms. The first kappa shape index (κ1) is 23.3. The maximum absolute atomic E-state index is 12.5. The van der Waals surface area contributed by atoms with E-state index in [2.05, 4.69) is 10.6 Å². The number of carboxylic acid groups (broad SMARTS) is 1. The van der Waals surface area contributed by atoms with E-state index >= 15 is 0 Å². The molecule has 3 rings (SSSR count). The van der Waals surface area contributed by atoms with Crippen molar-refractivity contribution >= 4 is 18.0 Å². The fourth-order valence-corrected chi connectivity index (χ4v) is 3.98. The van der Waals surface area contributed by atoms with Crippen LogP contribution < -0.4 is 10.6 Å². The van der Waals surface area contributed by atoms with Crippen LogP contribution in [0.15, 0.2) is 48.5 Å². The van der Waals surface area contributed by atoms with Crippen molar-refractivity contribution in [2.45, 2.75) is 44.2 Å². The van der Waals surface area contributed by atoms with Crippen molar-refractivity contribution in [2.75, 3.05) is 13.2 Å². The highest BCUT2D eigenvalue weighted by Gasteiger charge is 2.30. The zero-order valence-electron chi connectivity index (χ0n) is 17.9. The van der Waals surface area contributed by atoms with Gasteiger partial charge in [-0.2, -0.15) is 0 Å². The molecule has 32 heavy (non-hydrogen) atoms. The van der Waals surface area contributed by atoms with Crippen molar-refractivity contribution in [2.24, 2.45) is 0 Å². The fraction of sp³-hybridized carbons (Fsp3) is 0.375. The minimum Gasteiger partial charge on any atom is -0.481 e. The van der Waals surface area contributed by atoms with E-state index in [9.17, 15) is 14.4 Å². The van der Waals surface area contributed by atoms with Gasteiger partial charge in [-0.05, 0) is 42.0 Å². The molecule has 0 aromatic heterocycles. The van der Waals surface area contributed by atoms with Crippen LogP contribution in [0, 0.1) is 0 Å². The predicted octanol–water partition coefficient (Wildman–Crippen LogP) is 2.65. The quantitative estimate of drug-likeness (QED) is 0.450. The van der Waals surface area contributed by atoms with Gasteiger partial charge in [0.05, 0.1) is 6.42 Å². The molecular formula is C24H28N2O6. The Morgan fingerprint density at radius 3 is 2.16 bits per heavy atom. The summed E-state index contributed by atoms with van der Waals surface area (Å²) in [5.41, 5.74) is 4.30. The van der Waals surface area contributed by atoms with Crippen LogP contribution in [0.3, 0.4) is 0 Å². The first-order chi connectivity index (χ1) is 15.4. The van der Waals surface area contributed by atoms with Gasteiger partial charge in [0, 0.05) is 18.6 Å². The smallest absolute Gasteiger partial charge is 0.407 e. The van der Waals surface area contributed by atoms with E-state index in [-0.39, 0.29) is 25.2 Å². The van der Waals surface area contributed by atoms with Crippen molar-refractivity contribution in [3.63, 3.8) is 0 Å². The van der Waals surface area contributed by atoms with E-state index in [1.165, 1.54) is 0 Å². The molecule has 0 saturated heterocycles. The normalized spacial score (nSPS) is 14.1. The van der Waals surface area contributed by atoms with E-state index in [1.807, 2.05) is 48.5 Å². The van der Waals surface area contributed by atoms with Crippen molar-refractivity contribution in [1.82, 2.24) is 10.6 Å². The highest BCUT2D eigenvalue weighted by Crippen LogP contribution is 2.44. The number of benzene rings is 2. The summed E-state index contributed by atoms with van der Waals surface area (Å²) in [5, 5.41) is 23.1. The first-order valence-corrected chi connectivity index (χ1v) is 10.6. The Labute approximate surface area is 186 Å². The van der Waals surface area contributed by atoms with E-state index < -0.39 is 30.4 Å². The van der Waals surface area contributed by atoms with Gasteiger partial charge in [-0.25, -0.2) is 4.79 Å². The summed E-state index contributed by atoms with van der Waals surface area (Å²) >= 11 is 0. The number of alkyl carbamates (subject to hydrolysis) is 1. The third kappa shape index (κ3) is 5.64. The van der Waals surface area contributed by atoms with Crippen LogP contribution in [0.4, 0.5) is 4.79 Å². The molecule has 0 fully saturated rings. The summed E-state index contributed by atoms with van der Waals surface area (Å²) in [5.74, 6) is -1.96. The van der Waals surface area contributed by atoms with Crippen LogP contribution in [0.5, 0.6) is 0 Å². The van der Waals surface area contributed by atoms with Crippen LogP contribution >= 0.6 is 0 Å². The monoisotopic (exact) mass is 440 g/mol. The van der Waals surface area contributed by atoms with Gasteiger partial charge in [0.15, 0.2) is 0 Å². The van der Waals surface area contributed by atoms with Crippen LogP contribution in [0.25, 0.3) is 11.1 Å². The summed E-state index contributed by atoms with van der Waals surface area (Å²) in [6, 6.07) is 14.3. The Kier molecular flexibility index (Phi) is 7.83. The Bertz CT molecular complexity index is 931. The van der Waals surface area contributed by atoms with Gasteiger partial charge in [0.1, 0.15) is 12.6 Å². The van der Waals surface area contributed by atoms with Gasteiger partial charge in [-0.15, -0.1) is 0 Å². The largest absolute Gasteiger partial charge is 0.481 e. The molecule has 2 unspecified atom stereocenters. The Hall–Kier alpha value is -3.39. The number of carbonyl (C=O) groups excluding carboxylic acids is 2. The standard InChI is InChI=1S/C24H28N2O6/c1-15(7-6-12-27)25-23(30)21(13-22(28)29)26-24(31)32-14-20-18-10-4-2-8-16(18)17-9-3-5-11-19(17)20/h2-5,8-11,15,20-21,27H,6-7,12-14H2,1H3,(H,25,30)(H,26,31)(H,28,29). The van der Waals surface area contributed by atoms with Gasteiger partial charge >= 0.3 is 12.1 Å². The molecule has 1 aliphatic rings. The number of ether oxygens (including phenoxy) is 1. The van der Waals surface area contributed by atoms with Crippen molar-refractivity contribution in [3.8, 4) is 11.1 Å². The summed E-state index contributed by atoms with van der Waals surface area (Å²) in [4.78, 5) is 36.1. The average molecular weight is 440 g/mol. The van der Waals surface area contributed by atoms with Gasteiger partial charge in [0.2, 0.25) is 5.91 Å². The third-order valence-electron chi connectivity index (χ3n) is 5.51. The van der Waals surface area contributed by atoms with Crippen LogP contribution in [-0.4, -0.2) is 53.5 Å². The number of hydrogen-bond acceptors (Lipinski definition) is 5. The molecule has 2 aromatic carbocycles. The number of amides is 2. The van der Waals surface area contributed by atoms with E-state index in [4.69, 9.17) is 14.9 Å². The number of carbonyl (C=O) groups is 3. The molecular weight excluding hydrogens is 412 g/mol. The number of rotatable bonds is 10. The van der Waals surface area contributed by atoms with E-state index in [0.717, 1.165) is 22.3 Å². The number of aliphatic hydroxyl groups is 1. The molecule has 2 aromatic rings. The predicted molar refractivity (Wildman–Crippen MR) is 118 cm³/mol. The number of aliphatic carboxylic acids is 1. The third-order valence-corrected chi connectivity index (χ3v) is 5.51. The van der Waals surface area contributed by atoms with Gasteiger partial charge in [0.25, 0.3) is 0 Å². The molecule has 0 bridgehead atoms. The number of aliphatic hydroxyl groups excluding tert-OH is 1. The van der Waals surface area contributed by atoms with Crippen LogP contribution in [0.2, 0.25) is 0 Å². The van der Waals surface area contributed by atoms with Crippen molar-refractivity contribution < 1.29 is 29.3 Å². The lowest BCUT2D eigenvalue weighted by atomic mass is 9.98. The van der Waals surface area contributed by atoms with Crippen LogP contribution in [-0.2, 0) is 14.3 Å². The number of nitrogens with one attached hydrogen (secondary N) is 2. The molecule has 8 nitrogen and oxygen atoms in total. The Morgan fingerprint density at radius 1 is 1.00 bits per heavy atom. The zero-order valence-corrected chi connectivity index (χ0v) is 17.9. The van der Waals surface area contributed by atoms with Crippen molar-refractivity contribution in [1.29, 1.82) is 0 Å². The molecule has 170 valence electrons. The lowest BCUT2D eigenvalue weighted by Gasteiger charge is -2.21. The highest BCUT2D eigenvalue weighted by atomic mass is 16.5. The second kappa shape index (κ2) is 10.8. The highest BCUT2D eigenvalue weighted by molar-refractivity contribution is 5.89. The SMILES string of the molecule is CC(CCCO)NC(=O)C(CC(=O)O)NC(=O)OCC1c2ccccc2-c2ccccc21. The van der Waals surface area contributed by atoms with E-state index in [1.54, 1.807) is 6.92 Å². The second-order valence-corrected chi connectivity index (χ2v) is 7.90. The maximum Gasteiger partial charge on any atom is 0.407 e. The average Bonchev–Trinajstić information content (AvgIpc) is 3.09. The molecule has 0 saturated carbocycles. The minimum absolute atomic E-state index is 0.00321. The summed E-state index contributed by atoms with van der Waals surface area (Å²) < 4.78 is 5.42. The zero-order chi connectivity index (χ0) is 23.1. The Morgan fingerprint density at radius 2 is 1.59 bits per heavy atom. The van der Waals surface area contributed by atoms with Crippen molar-refractivity contribution in [3.05, 3.63) is 59.7 Å². The summed E-state index contributed by atoms with van der Waals surface area (Å²) in [7, 11) is 0. The number of carboxylic acids is 1. The first-order valence-electron chi connectivity index (χ1n) is 10.6. The van der Waals surface area contributed by atoms with Gasteiger partial charge in [-0.3, -0.25) is 9.59 Å². The topological polar surface area (TPSA) is 125 Å². The summed E-state index contributed by atoms with van der Waals surface area (Å²) in [6.07, 6.45) is -0.378. The molecule has 0 radical (unpaired) electrons. The van der Waals surface area contributed by atoms with Crippen LogP contribution in [0.1, 0.15) is 43.2 Å². The maximum atomic E-state index is 12.5. The van der Waals surface area contributed by atoms with Gasteiger partial charge < -0.3 is 25.6 Å². The lowest BCUT2D eigenvalue weighted by Crippen LogP contribution is -2.50. The molecule has 0 aliphatic heterocycles. The van der Waals surface area contributed by atoms with E-state index in [0.29, 0.717) is 12.8 Å². The fourth-order valence-electron chi connectivity index (χ4n) is 3.98. The van der Waals surface area contributed by atoms with Gasteiger partial charge in [-0.1, -0.05) is 48.5 Å². The molecule has 0 heterocycles. The molecule has 4 N–H and O–H groups in total.